The van der Waals surface area contributed by atoms with Crippen molar-refractivity contribution in [1.82, 2.24) is 15.1 Å². The van der Waals surface area contributed by atoms with Gasteiger partial charge in [0.2, 0.25) is 0 Å². The third-order valence-electron chi connectivity index (χ3n) is 4.18. The van der Waals surface area contributed by atoms with E-state index in [0.717, 1.165) is 70.3 Å². The summed E-state index contributed by atoms with van der Waals surface area (Å²) >= 11 is 0. The second-order valence-electron chi connectivity index (χ2n) is 6.94. The Morgan fingerprint density at radius 2 is 1.91 bits per heavy atom. The van der Waals surface area contributed by atoms with E-state index in [-0.39, 0.29) is 24.0 Å². The number of guanidine groups is 1. The van der Waals surface area contributed by atoms with Gasteiger partial charge in [-0.1, -0.05) is 13.8 Å². The van der Waals surface area contributed by atoms with Crippen LogP contribution in [0, 0.1) is 11.8 Å². The molecule has 136 valence electrons. The Balaban J connectivity index is 0.00000264. The Morgan fingerprint density at radius 1 is 1.22 bits per heavy atom. The molecule has 0 atom stereocenters. The minimum Gasteiger partial charge on any atom is -0.379 e. The molecule has 0 unspecified atom stereocenters. The van der Waals surface area contributed by atoms with Crippen molar-refractivity contribution in [2.24, 2.45) is 16.8 Å². The van der Waals surface area contributed by atoms with Crippen molar-refractivity contribution >= 4 is 29.9 Å². The van der Waals surface area contributed by atoms with Gasteiger partial charge in [-0.15, -0.1) is 24.0 Å². The maximum atomic E-state index is 5.67. The van der Waals surface area contributed by atoms with E-state index in [0.29, 0.717) is 0 Å². The van der Waals surface area contributed by atoms with Gasteiger partial charge >= 0.3 is 0 Å². The molecule has 0 amide bonds. The molecule has 2 fully saturated rings. The Kier molecular flexibility index (Phi) is 10.5. The molecule has 0 aromatic carbocycles. The SMILES string of the molecule is CCNC(=NCCOCC1CC1)N1CCN(CC(C)C)CC1.I. The lowest BCUT2D eigenvalue weighted by Gasteiger charge is -2.37. The van der Waals surface area contributed by atoms with Crippen LogP contribution in [-0.2, 0) is 4.74 Å². The molecule has 2 rings (SSSR count). The van der Waals surface area contributed by atoms with Gasteiger partial charge in [0, 0.05) is 45.9 Å². The summed E-state index contributed by atoms with van der Waals surface area (Å²) in [7, 11) is 0. The molecule has 1 aliphatic heterocycles. The van der Waals surface area contributed by atoms with Crippen molar-refractivity contribution < 1.29 is 4.74 Å². The van der Waals surface area contributed by atoms with E-state index >= 15 is 0 Å². The van der Waals surface area contributed by atoms with Gasteiger partial charge < -0.3 is 15.0 Å². The molecular weight excluding hydrogens is 403 g/mol. The Hall–Kier alpha value is -0.0800. The van der Waals surface area contributed by atoms with E-state index in [1.54, 1.807) is 0 Å². The summed E-state index contributed by atoms with van der Waals surface area (Å²) < 4.78 is 5.67. The van der Waals surface area contributed by atoms with Crippen LogP contribution in [0.1, 0.15) is 33.6 Å². The Morgan fingerprint density at radius 3 is 2.48 bits per heavy atom. The summed E-state index contributed by atoms with van der Waals surface area (Å²) in [5.74, 6) is 2.64. The summed E-state index contributed by atoms with van der Waals surface area (Å²) in [5, 5.41) is 3.42. The summed E-state index contributed by atoms with van der Waals surface area (Å²) in [6, 6.07) is 0. The fourth-order valence-electron chi connectivity index (χ4n) is 2.84. The third-order valence-corrected chi connectivity index (χ3v) is 4.18. The first-order valence-electron chi connectivity index (χ1n) is 9.02. The molecule has 6 heteroatoms. The first-order valence-corrected chi connectivity index (χ1v) is 9.02. The zero-order chi connectivity index (χ0) is 15.8. The number of hydrogen-bond acceptors (Lipinski definition) is 3. The van der Waals surface area contributed by atoms with E-state index in [1.165, 1.54) is 19.4 Å². The Labute approximate surface area is 159 Å². The highest BCUT2D eigenvalue weighted by molar-refractivity contribution is 14.0. The van der Waals surface area contributed by atoms with Crippen molar-refractivity contribution in [3.8, 4) is 0 Å². The van der Waals surface area contributed by atoms with Crippen molar-refractivity contribution in [2.75, 3.05) is 59.0 Å². The molecule has 1 N–H and O–H groups in total. The summed E-state index contributed by atoms with van der Waals surface area (Å²) in [5.41, 5.74) is 0. The summed E-state index contributed by atoms with van der Waals surface area (Å²) in [6.45, 7) is 15.7. The third kappa shape index (κ3) is 8.54. The van der Waals surface area contributed by atoms with Gasteiger partial charge in [-0.05, 0) is 31.6 Å². The highest BCUT2D eigenvalue weighted by Gasteiger charge is 2.21. The van der Waals surface area contributed by atoms with Gasteiger partial charge in [0.1, 0.15) is 0 Å². The molecule has 1 aliphatic carbocycles. The lowest BCUT2D eigenvalue weighted by molar-refractivity contribution is 0.131. The van der Waals surface area contributed by atoms with Gasteiger partial charge in [0.15, 0.2) is 5.96 Å². The van der Waals surface area contributed by atoms with Crippen LogP contribution >= 0.6 is 24.0 Å². The number of ether oxygens (including phenoxy) is 1. The largest absolute Gasteiger partial charge is 0.379 e. The highest BCUT2D eigenvalue weighted by Crippen LogP contribution is 2.28. The van der Waals surface area contributed by atoms with E-state index in [2.05, 4.69) is 35.9 Å². The molecule has 0 aromatic heterocycles. The highest BCUT2D eigenvalue weighted by atomic mass is 127. The van der Waals surface area contributed by atoms with E-state index in [9.17, 15) is 0 Å². The quantitative estimate of drug-likeness (QED) is 0.273. The van der Waals surface area contributed by atoms with Gasteiger partial charge in [0.25, 0.3) is 0 Å². The van der Waals surface area contributed by atoms with E-state index in [4.69, 9.17) is 9.73 Å². The van der Waals surface area contributed by atoms with Crippen molar-refractivity contribution in [3.63, 3.8) is 0 Å². The zero-order valence-electron chi connectivity index (χ0n) is 15.1. The second-order valence-corrected chi connectivity index (χ2v) is 6.94. The Bertz CT molecular complexity index is 339. The summed E-state index contributed by atoms with van der Waals surface area (Å²) in [4.78, 5) is 9.68. The van der Waals surface area contributed by atoms with Crippen LogP contribution in [0.15, 0.2) is 4.99 Å². The normalized spacial score (nSPS) is 19.8. The van der Waals surface area contributed by atoms with E-state index in [1.807, 2.05) is 0 Å². The van der Waals surface area contributed by atoms with Gasteiger partial charge in [-0.3, -0.25) is 9.89 Å². The molecule has 1 saturated heterocycles. The monoisotopic (exact) mass is 438 g/mol. The standard InChI is InChI=1S/C17H34N4O.HI/c1-4-18-17(19-7-12-22-14-16-5-6-16)21-10-8-20(9-11-21)13-15(2)3;/h15-16H,4-14H2,1-3H3,(H,18,19);1H. The summed E-state index contributed by atoms with van der Waals surface area (Å²) in [6.07, 6.45) is 2.71. The first kappa shape index (κ1) is 21.0. The fourth-order valence-corrected chi connectivity index (χ4v) is 2.84. The van der Waals surface area contributed by atoms with Gasteiger partial charge in [-0.25, -0.2) is 0 Å². The molecular formula is C17H35IN4O. The number of rotatable bonds is 8. The van der Waals surface area contributed by atoms with Crippen molar-refractivity contribution in [3.05, 3.63) is 0 Å². The van der Waals surface area contributed by atoms with Crippen LogP contribution in [0.4, 0.5) is 0 Å². The number of nitrogens with one attached hydrogen (secondary N) is 1. The first-order chi connectivity index (χ1) is 10.7. The molecule has 0 spiro atoms. The molecule has 2 aliphatic rings. The molecule has 23 heavy (non-hydrogen) atoms. The molecule has 1 saturated carbocycles. The molecule has 1 heterocycles. The van der Waals surface area contributed by atoms with Gasteiger partial charge in [0.05, 0.1) is 13.2 Å². The van der Waals surface area contributed by atoms with Crippen molar-refractivity contribution in [1.29, 1.82) is 0 Å². The van der Waals surface area contributed by atoms with Gasteiger partial charge in [-0.2, -0.15) is 0 Å². The van der Waals surface area contributed by atoms with Crippen molar-refractivity contribution in [2.45, 2.75) is 33.6 Å². The fraction of sp³-hybridized carbons (Fsp3) is 0.941. The maximum Gasteiger partial charge on any atom is 0.194 e. The number of hydrogen-bond donors (Lipinski definition) is 1. The minimum atomic E-state index is 0. The number of halogens is 1. The van der Waals surface area contributed by atoms with Crippen LogP contribution in [0.3, 0.4) is 0 Å². The molecule has 0 aromatic rings. The smallest absolute Gasteiger partial charge is 0.194 e. The predicted octanol–water partition coefficient (Wildman–Crippen LogP) is 2.27. The van der Waals surface area contributed by atoms with Crippen LogP contribution in [-0.4, -0.2) is 74.8 Å². The molecule has 0 radical (unpaired) electrons. The lowest BCUT2D eigenvalue weighted by atomic mass is 10.2. The molecule has 0 bridgehead atoms. The topological polar surface area (TPSA) is 40.1 Å². The zero-order valence-corrected chi connectivity index (χ0v) is 17.4. The average molecular weight is 438 g/mol. The minimum absolute atomic E-state index is 0. The van der Waals surface area contributed by atoms with Crippen LogP contribution in [0.5, 0.6) is 0 Å². The van der Waals surface area contributed by atoms with Crippen LogP contribution < -0.4 is 5.32 Å². The van der Waals surface area contributed by atoms with E-state index < -0.39 is 0 Å². The second kappa shape index (κ2) is 11.5. The van der Waals surface area contributed by atoms with Crippen LogP contribution in [0.2, 0.25) is 0 Å². The number of aliphatic imine (C=N–C) groups is 1. The number of nitrogens with zero attached hydrogens (tertiary/aromatic N) is 3. The van der Waals surface area contributed by atoms with Crippen LogP contribution in [0.25, 0.3) is 0 Å². The maximum absolute atomic E-state index is 5.67. The average Bonchev–Trinajstić information content (AvgIpc) is 3.30. The lowest BCUT2D eigenvalue weighted by Crippen LogP contribution is -2.53. The molecule has 5 nitrogen and oxygen atoms in total. The number of piperazine rings is 1. The predicted molar refractivity (Wildman–Crippen MR) is 108 cm³/mol.